The third-order valence-electron chi connectivity index (χ3n) is 6.56. The molecule has 0 aliphatic carbocycles. The van der Waals surface area contributed by atoms with E-state index < -0.39 is 41.2 Å². The van der Waals surface area contributed by atoms with Crippen molar-refractivity contribution in [2.24, 2.45) is 7.05 Å². The van der Waals surface area contributed by atoms with Crippen molar-refractivity contribution in [3.8, 4) is 11.1 Å². The summed E-state index contributed by atoms with van der Waals surface area (Å²) in [7, 11) is 1.74. The van der Waals surface area contributed by atoms with E-state index >= 15 is 0 Å². The minimum Gasteiger partial charge on any atom is -0.444 e. The summed E-state index contributed by atoms with van der Waals surface area (Å²) in [6.45, 7) is 10.7. The molecule has 0 spiro atoms. The van der Waals surface area contributed by atoms with E-state index in [-0.39, 0.29) is 36.7 Å². The minimum absolute atomic E-state index is 0.0897. The number of likely N-dealkylation sites (tertiary alicyclic amines) is 1. The first-order valence-electron chi connectivity index (χ1n) is 13.8. The summed E-state index contributed by atoms with van der Waals surface area (Å²) in [5, 5.41) is 4.10. The fraction of sp³-hybridized carbons (Fsp3) is 0.517. The van der Waals surface area contributed by atoms with E-state index in [0.29, 0.717) is 24.1 Å². The molecule has 236 valence electrons. The summed E-state index contributed by atoms with van der Waals surface area (Å²) in [5.74, 6) is 0.0897. The van der Waals surface area contributed by atoms with E-state index in [9.17, 15) is 31.1 Å². The van der Waals surface area contributed by atoms with Crippen molar-refractivity contribution < 1.29 is 35.9 Å². The molecule has 3 heterocycles. The molecule has 1 aromatic carbocycles. The number of aryl methyl sites for hydroxylation is 1. The lowest BCUT2D eigenvalue weighted by atomic mass is 10.0. The number of hydrogen-bond acceptors (Lipinski definition) is 6. The van der Waals surface area contributed by atoms with Crippen molar-refractivity contribution in [2.45, 2.75) is 84.5 Å². The first-order valence-corrected chi connectivity index (χ1v) is 13.8. The molecule has 1 saturated heterocycles. The number of ether oxygens (including phenoxy) is 1. The van der Waals surface area contributed by atoms with Gasteiger partial charge in [-0.2, -0.15) is 31.4 Å². The van der Waals surface area contributed by atoms with Crippen molar-refractivity contribution in [3.63, 3.8) is 0 Å². The van der Waals surface area contributed by atoms with Crippen LogP contribution in [0.3, 0.4) is 0 Å². The molecule has 1 aliphatic rings. The Hall–Kier alpha value is -3.84. The van der Waals surface area contributed by atoms with Crippen molar-refractivity contribution in [3.05, 3.63) is 59.7 Å². The highest BCUT2D eigenvalue weighted by Crippen LogP contribution is 2.37. The van der Waals surface area contributed by atoms with Gasteiger partial charge in [0.25, 0.3) is 0 Å². The monoisotopic (exact) mass is 614 g/mol. The van der Waals surface area contributed by atoms with Gasteiger partial charge in [-0.15, -0.1) is 0 Å². The van der Waals surface area contributed by atoms with Crippen LogP contribution in [-0.4, -0.2) is 55.0 Å². The SMILES string of the molecule is CC.C[C@@H]1C[C@H](N(Cc2cc(C(F)(F)F)cc(C(F)(F)F)c2)c2ncc(-c3cnn(C)c3)cn2)CN1C(=O)OC(C)(C)C. The van der Waals surface area contributed by atoms with Crippen LogP contribution < -0.4 is 4.90 Å². The summed E-state index contributed by atoms with van der Waals surface area (Å²) in [4.78, 5) is 24.7. The van der Waals surface area contributed by atoms with Gasteiger partial charge in [-0.1, -0.05) is 13.8 Å². The maximum atomic E-state index is 13.6. The highest BCUT2D eigenvalue weighted by atomic mass is 19.4. The van der Waals surface area contributed by atoms with Gasteiger partial charge in [-0.05, 0) is 57.9 Å². The normalized spacial score (nSPS) is 17.4. The van der Waals surface area contributed by atoms with Gasteiger partial charge in [-0.25, -0.2) is 14.8 Å². The van der Waals surface area contributed by atoms with Gasteiger partial charge in [0.15, 0.2) is 0 Å². The Morgan fingerprint density at radius 3 is 1.98 bits per heavy atom. The summed E-state index contributed by atoms with van der Waals surface area (Å²) >= 11 is 0. The van der Waals surface area contributed by atoms with Gasteiger partial charge in [0.1, 0.15) is 5.60 Å². The van der Waals surface area contributed by atoms with Crippen molar-refractivity contribution in [1.82, 2.24) is 24.6 Å². The van der Waals surface area contributed by atoms with Gasteiger partial charge in [0.05, 0.1) is 23.4 Å². The van der Waals surface area contributed by atoms with Crippen LogP contribution in [0.2, 0.25) is 0 Å². The molecule has 2 atom stereocenters. The van der Waals surface area contributed by atoms with Crippen LogP contribution in [0.5, 0.6) is 0 Å². The number of nitrogens with zero attached hydrogens (tertiary/aromatic N) is 6. The van der Waals surface area contributed by atoms with E-state index in [2.05, 4.69) is 15.1 Å². The van der Waals surface area contributed by atoms with Crippen LogP contribution in [0.4, 0.5) is 37.1 Å². The molecule has 2 aromatic heterocycles. The van der Waals surface area contributed by atoms with Crippen LogP contribution in [0.25, 0.3) is 11.1 Å². The van der Waals surface area contributed by atoms with E-state index in [1.807, 2.05) is 13.8 Å². The first-order chi connectivity index (χ1) is 19.9. The Bertz CT molecular complexity index is 1350. The predicted octanol–water partition coefficient (Wildman–Crippen LogP) is 7.35. The Morgan fingerprint density at radius 1 is 0.953 bits per heavy atom. The van der Waals surface area contributed by atoms with Gasteiger partial charge in [0, 0.05) is 55.9 Å². The zero-order valence-electron chi connectivity index (χ0n) is 25.1. The molecule has 0 bridgehead atoms. The quantitative estimate of drug-likeness (QED) is 0.280. The van der Waals surface area contributed by atoms with Crippen LogP contribution >= 0.6 is 0 Å². The zero-order chi connectivity index (χ0) is 32.3. The number of benzene rings is 1. The molecule has 14 heteroatoms. The third kappa shape index (κ3) is 8.60. The highest BCUT2D eigenvalue weighted by Gasteiger charge is 2.40. The fourth-order valence-electron chi connectivity index (χ4n) is 4.66. The van der Waals surface area contributed by atoms with Gasteiger partial charge < -0.3 is 14.5 Å². The topological polar surface area (TPSA) is 76.4 Å². The third-order valence-corrected chi connectivity index (χ3v) is 6.56. The molecule has 3 aromatic rings. The summed E-state index contributed by atoms with van der Waals surface area (Å²) in [5.41, 5.74) is -2.46. The van der Waals surface area contributed by atoms with Crippen LogP contribution in [0.1, 0.15) is 64.7 Å². The highest BCUT2D eigenvalue weighted by molar-refractivity contribution is 5.69. The predicted molar refractivity (Wildman–Crippen MR) is 149 cm³/mol. The maximum Gasteiger partial charge on any atom is 0.416 e. The van der Waals surface area contributed by atoms with Crippen molar-refractivity contribution in [1.29, 1.82) is 0 Å². The molecule has 1 aliphatic heterocycles. The number of hydrogen-bond donors (Lipinski definition) is 0. The fourth-order valence-corrected chi connectivity index (χ4v) is 4.66. The largest absolute Gasteiger partial charge is 0.444 e. The van der Waals surface area contributed by atoms with E-state index in [1.165, 1.54) is 22.2 Å². The van der Waals surface area contributed by atoms with Gasteiger partial charge in [-0.3, -0.25) is 4.68 Å². The summed E-state index contributed by atoms with van der Waals surface area (Å²) < 4.78 is 88.5. The number of carbonyl (C=O) groups excluding carboxylic acids is 1. The smallest absolute Gasteiger partial charge is 0.416 e. The van der Waals surface area contributed by atoms with E-state index in [1.54, 1.807) is 51.8 Å². The molecule has 8 nitrogen and oxygen atoms in total. The molecule has 43 heavy (non-hydrogen) atoms. The second-order valence-corrected chi connectivity index (χ2v) is 11.1. The maximum absolute atomic E-state index is 13.6. The van der Waals surface area contributed by atoms with Crippen LogP contribution in [-0.2, 0) is 30.7 Å². The number of aromatic nitrogens is 4. The second-order valence-electron chi connectivity index (χ2n) is 11.1. The molecule has 4 rings (SSSR count). The number of amides is 1. The average molecular weight is 615 g/mol. The molecule has 0 saturated carbocycles. The zero-order valence-corrected chi connectivity index (χ0v) is 25.1. The number of rotatable bonds is 5. The lowest BCUT2D eigenvalue weighted by Crippen LogP contribution is -2.42. The van der Waals surface area contributed by atoms with Crippen molar-refractivity contribution in [2.75, 3.05) is 11.4 Å². The average Bonchev–Trinajstić information content (AvgIpc) is 3.52. The standard InChI is InChI=1S/C27H30F6N6O2.C2H6/c1-16-6-22(15-38(16)24(40)41-25(2,3)4)39(23-34-10-18(11-35-23)19-12-36-37(5)14-19)13-17-7-20(26(28,29)30)9-21(8-17)27(31,32)33;1-2/h7-12,14,16,22H,6,13,15H2,1-5H3;1-2H3/t16-,22+;/m1./s1. The van der Waals surface area contributed by atoms with Crippen molar-refractivity contribution >= 4 is 12.0 Å². The number of anilines is 1. The molecule has 1 fully saturated rings. The lowest BCUT2D eigenvalue weighted by Gasteiger charge is -2.30. The van der Waals surface area contributed by atoms with Crippen LogP contribution in [0, 0.1) is 0 Å². The van der Waals surface area contributed by atoms with E-state index in [0.717, 1.165) is 5.56 Å². The molecular weight excluding hydrogens is 578 g/mol. The van der Waals surface area contributed by atoms with Gasteiger partial charge in [0.2, 0.25) is 5.95 Å². The molecule has 0 N–H and O–H groups in total. The van der Waals surface area contributed by atoms with Crippen LogP contribution in [0.15, 0.2) is 43.0 Å². The number of alkyl halides is 6. The number of halogens is 6. The summed E-state index contributed by atoms with van der Waals surface area (Å²) in [6.07, 6.45) is -3.83. The Kier molecular flexibility index (Phi) is 10.0. The molecule has 0 radical (unpaired) electrons. The molecule has 0 unspecified atom stereocenters. The minimum atomic E-state index is -4.99. The van der Waals surface area contributed by atoms with Gasteiger partial charge >= 0.3 is 18.4 Å². The van der Waals surface area contributed by atoms with E-state index in [4.69, 9.17) is 4.74 Å². The molecule has 1 amide bonds. The Balaban J connectivity index is 0.00000248. The molecular formula is C29H36F6N6O2. The summed E-state index contributed by atoms with van der Waals surface area (Å²) in [6, 6.07) is 0.631. The first kappa shape index (κ1) is 33.7. The number of carbonyl (C=O) groups is 1. The Morgan fingerprint density at radius 2 is 1.51 bits per heavy atom. The lowest BCUT2D eigenvalue weighted by molar-refractivity contribution is -0.143. The Labute approximate surface area is 246 Å². The second kappa shape index (κ2) is 12.8.